The average molecular weight is 305 g/mol. The number of rotatable bonds is 5. The molecule has 0 saturated heterocycles. The summed E-state index contributed by atoms with van der Waals surface area (Å²) in [5, 5.41) is 5.58. The molecule has 22 heavy (non-hydrogen) atoms. The van der Waals surface area contributed by atoms with E-state index in [1.54, 1.807) is 11.9 Å². The molecular formula is C16H23N3O3. The van der Waals surface area contributed by atoms with Gasteiger partial charge in [-0.1, -0.05) is 13.0 Å². The topological polar surface area (TPSA) is 70.7 Å². The van der Waals surface area contributed by atoms with Crippen LogP contribution >= 0.6 is 0 Å². The maximum atomic E-state index is 11.9. The summed E-state index contributed by atoms with van der Waals surface area (Å²) in [4.78, 5) is 25.0. The standard InChI is InChI=1S/C16H23N3O3/c1-3-8-17-16(21)18-9-6-12-4-5-14-13(11-12)19(2)15(20)7-10-22-14/h4-5,11H,3,6-10H2,1-2H3,(H2,17,18,21). The van der Waals surface area contributed by atoms with Gasteiger partial charge in [-0.2, -0.15) is 0 Å². The van der Waals surface area contributed by atoms with E-state index < -0.39 is 0 Å². The number of carbonyl (C=O) groups is 2. The Kier molecular flexibility index (Phi) is 5.63. The quantitative estimate of drug-likeness (QED) is 0.869. The van der Waals surface area contributed by atoms with Crippen LogP contribution in [0.2, 0.25) is 0 Å². The van der Waals surface area contributed by atoms with Crippen molar-refractivity contribution in [2.24, 2.45) is 0 Å². The molecule has 1 aromatic carbocycles. The van der Waals surface area contributed by atoms with Crippen molar-refractivity contribution >= 4 is 17.6 Å². The Balaban J connectivity index is 1.94. The highest BCUT2D eigenvalue weighted by Gasteiger charge is 2.20. The summed E-state index contributed by atoms with van der Waals surface area (Å²) < 4.78 is 5.59. The maximum absolute atomic E-state index is 11.9. The van der Waals surface area contributed by atoms with E-state index in [9.17, 15) is 9.59 Å². The Labute approximate surface area is 130 Å². The van der Waals surface area contributed by atoms with Gasteiger partial charge < -0.3 is 20.3 Å². The number of anilines is 1. The molecule has 0 aromatic heterocycles. The van der Waals surface area contributed by atoms with Crippen molar-refractivity contribution in [3.05, 3.63) is 23.8 Å². The molecule has 1 heterocycles. The molecule has 6 nitrogen and oxygen atoms in total. The molecule has 6 heteroatoms. The van der Waals surface area contributed by atoms with Crippen molar-refractivity contribution in [3.8, 4) is 5.75 Å². The molecule has 0 aliphatic carbocycles. The van der Waals surface area contributed by atoms with Gasteiger partial charge in [0.15, 0.2) is 0 Å². The van der Waals surface area contributed by atoms with E-state index in [1.807, 2.05) is 25.1 Å². The lowest BCUT2D eigenvalue weighted by Crippen LogP contribution is -2.36. The zero-order valence-corrected chi connectivity index (χ0v) is 13.1. The number of fused-ring (bicyclic) bond motifs is 1. The second-order valence-electron chi connectivity index (χ2n) is 5.29. The third-order valence-electron chi connectivity index (χ3n) is 3.57. The number of hydrogen-bond donors (Lipinski definition) is 2. The van der Waals surface area contributed by atoms with E-state index >= 15 is 0 Å². The van der Waals surface area contributed by atoms with Gasteiger partial charge in [-0.25, -0.2) is 4.79 Å². The van der Waals surface area contributed by atoms with Crippen molar-refractivity contribution in [1.29, 1.82) is 0 Å². The van der Waals surface area contributed by atoms with E-state index in [4.69, 9.17) is 4.74 Å². The number of nitrogens with one attached hydrogen (secondary N) is 2. The minimum atomic E-state index is -0.146. The number of nitrogens with zero attached hydrogens (tertiary/aromatic N) is 1. The Morgan fingerprint density at radius 3 is 2.86 bits per heavy atom. The molecule has 2 N–H and O–H groups in total. The molecule has 1 aliphatic rings. The van der Waals surface area contributed by atoms with E-state index in [1.165, 1.54) is 0 Å². The Morgan fingerprint density at radius 2 is 2.09 bits per heavy atom. The maximum Gasteiger partial charge on any atom is 0.314 e. The van der Waals surface area contributed by atoms with Gasteiger partial charge in [-0.15, -0.1) is 0 Å². The molecule has 0 unspecified atom stereocenters. The molecule has 120 valence electrons. The molecule has 0 spiro atoms. The summed E-state index contributed by atoms with van der Waals surface area (Å²) in [7, 11) is 1.76. The normalized spacial score (nSPS) is 13.9. The average Bonchev–Trinajstić information content (AvgIpc) is 2.65. The SMILES string of the molecule is CCCNC(=O)NCCc1ccc2c(c1)N(C)C(=O)CCO2. The van der Waals surface area contributed by atoms with E-state index in [0.717, 1.165) is 23.4 Å². The van der Waals surface area contributed by atoms with Crippen LogP contribution in [0, 0.1) is 0 Å². The van der Waals surface area contributed by atoms with Crippen molar-refractivity contribution < 1.29 is 14.3 Å². The summed E-state index contributed by atoms with van der Waals surface area (Å²) in [6, 6.07) is 5.65. The number of ether oxygens (including phenoxy) is 1. The number of hydrogen-bond acceptors (Lipinski definition) is 3. The molecular weight excluding hydrogens is 282 g/mol. The van der Waals surface area contributed by atoms with Gasteiger partial charge >= 0.3 is 6.03 Å². The van der Waals surface area contributed by atoms with Crippen molar-refractivity contribution in [1.82, 2.24) is 10.6 Å². The van der Waals surface area contributed by atoms with Gasteiger partial charge in [0.2, 0.25) is 5.91 Å². The van der Waals surface area contributed by atoms with E-state index in [-0.39, 0.29) is 11.9 Å². The van der Waals surface area contributed by atoms with E-state index in [0.29, 0.717) is 32.5 Å². The predicted molar refractivity (Wildman–Crippen MR) is 85.4 cm³/mol. The smallest absolute Gasteiger partial charge is 0.314 e. The summed E-state index contributed by atoms with van der Waals surface area (Å²) in [5.41, 5.74) is 1.84. The first kappa shape index (κ1) is 16.1. The Bertz CT molecular complexity index is 545. The van der Waals surface area contributed by atoms with Crippen molar-refractivity contribution in [2.75, 3.05) is 31.6 Å². The van der Waals surface area contributed by atoms with Gasteiger partial charge in [0.05, 0.1) is 18.7 Å². The zero-order chi connectivity index (χ0) is 15.9. The minimum Gasteiger partial charge on any atom is -0.491 e. The van der Waals surface area contributed by atoms with Gasteiger partial charge in [-0.05, 0) is 30.5 Å². The fraction of sp³-hybridized carbons (Fsp3) is 0.500. The molecule has 0 fully saturated rings. The van der Waals surface area contributed by atoms with Gasteiger partial charge in [-0.3, -0.25) is 4.79 Å². The van der Waals surface area contributed by atoms with Crippen LogP contribution in [0.3, 0.4) is 0 Å². The van der Waals surface area contributed by atoms with Crippen molar-refractivity contribution in [2.45, 2.75) is 26.2 Å². The molecule has 0 radical (unpaired) electrons. The summed E-state index contributed by atoms with van der Waals surface area (Å²) in [6.45, 7) is 3.65. The van der Waals surface area contributed by atoms with Gasteiger partial charge in [0.25, 0.3) is 0 Å². The Hall–Kier alpha value is -2.24. The Morgan fingerprint density at radius 1 is 1.32 bits per heavy atom. The molecule has 2 rings (SSSR count). The molecule has 0 bridgehead atoms. The lowest BCUT2D eigenvalue weighted by Gasteiger charge is -2.17. The van der Waals surface area contributed by atoms with Crippen LogP contribution in [0.15, 0.2) is 18.2 Å². The largest absolute Gasteiger partial charge is 0.491 e. The lowest BCUT2D eigenvalue weighted by atomic mass is 10.1. The lowest BCUT2D eigenvalue weighted by molar-refractivity contribution is -0.118. The van der Waals surface area contributed by atoms with Crippen LogP contribution in [-0.2, 0) is 11.2 Å². The first-order valence-corrected chi connectivity index (χ1v) is 7.65. The van der Waals surface area contributed by atoms with Gasteiger partial charge in [0, 0.05) is 20.1 Å². The number of benzene rings is 1. The van der Waals surface area contributed by atoms with Crippen LogP contribution in [-0.4, -0.2) is 38.7 Å². The molecule has 1 aromatic rings. The van der Waals surface area contributed by atoms with E-state index in [2.05, 4.69) is 10.6 Å². The second kappa shape index (κ2) is 7.68. The third kappa shape index (κ3) is 4.13. The number of urea groups is 1. The summed E-state index contributed by atoms with van der Waals surface area (Å²) >= 11 is 0. The fourth-order valence-electron chi connectivity index (χ4n) is 2.27. The summed E-state index contributed by atoms with van der Waals surface area (Å²) in [5.74, 6) is 0.777. The predicted octanol–water partition coefficient (Wildman–Crippen LogP) is 1.68. The van der Waals surface area contributed by atoms with Gasteiger partial charge in [0.1, 0.15) is 5.75 Å². The molecule has 1 aliphatic heterocycles. The third-order valence-corrected chi connectivity index (χ3v) is 3.57. The van der Waals surface area contributed by atoms with Crippen LogP contribution in [0.1, 0.15) is 25.3 Å². The highest BCUT2D eigenvalue weighted by molar-refractivity contribution is 5.95. The molecule has 3 amide bonds. The fourth-order valence-corrected chi connectivity index (χ4v) is 2.27. The second-order valence-corrected chi connectivity index (χ2v) is 5.29. The number of amides is 3. The zero-order valence-electron chi connectivity index (χ0n) is 13.1. The van der Waals surface area contributed by atoms with Crippen LogP contribution in [0.4, 0.5) is 10.5 Å². The monoisotopic (exact) mass is 305 g/mol. The summed E-state index contributed by atoms with van der Waals surface area (Å²) in [6.07, 6.45) is 2.01. The highest BCUT2D eigenvalue weighted by Crippen LogP contribution is 2.31. The van der Waals surface area contributed by atoms with Crippen LogP contribution < -0.4 is 20.3 Å². The molecule has 0 atom stereocenters. The highest BCUT2D eigenvalue weighted by atomic mass is 16.5. The minimum absolute atomic E-state index is 0.0490. The molecule has 0 saturated carbocycles. The first-order chi connectivity index (χ1) is 10.6. The van der Waals surface area contributed by atoms with Crippen molar-refractivity contribution in [3.63, 3.8) is 0 Å². The van der Waals surface area contributed by atoms with Crippen LogP contribution in [0.5, 0.6) is 5.75 Å². The first-order valence-electron chi connectivity index (χ1n) is 7.65. The number of carbonyl (C=O) groups excluding carboxylic acids is 2. The van der Waals surface area contributed by atoms with Crippen LogP contribution in [0.25, 0.3) is 0 Å².